The maximum atomic E-state index is 13.0. The van der Waals surface area contributed by atoms with Crippen LogP contribution in [0.4, 0.5) is 8.78 Å². The second kappa shape index (κ2) is 4.07. The van der Waals surface area contributed by atoms with Gasteiger partial charge in [-0.15, -0.1) is 0 Å². The van der Waals surface area contributed by atoms with Crippen LogP contribution in [0.3, 0.4) is 0 Å². The topological polar surface area (TPSA) is 36.7 Å². The average molecular weight is 216 g/mol. The molecule has 1 heterocycles. The number of halogens is 2. The highest BCUT2D eigenvalue weighted by Crippen LogP contribution is 2.19. The van der Waals surface area contributed by atoms with Gasteiger partial charge in [0.05, 0.1) is 5.69 Å². The molecule has 0 radical (unpaired) electrons. The minimum atomic E-state index is -0.678. The number of nitrogens with zero attached hydrogens (tertiary/aromatic N) is 2. The van der Waals surface area contributed by atoms with Crippen molar-refractivity contribution in [3.63, 3.8) is 0 Å². The van der Waals surface area contributed by atoms with E-state index in [0.29, 0.717) is 11.3 Å². The Morgan fingerprint density at radius 2 is 1.94 bits per heavy atom. The van der Waals surface area contributed by atoms with Gasteiger partial charge in [-0.25, -0.2) is 13.8 Å². The molecule has 4 heteroatoms. The lowest BCUT2D eigenvalue weighted by Gasteiger charge is -2.01. The Balaban J connectivity index is 2.54. The van der Waals surface area contributed by atoms with Crippen LogP contribution in [-0.4, -0.2) is 4.98 Å². The molecule has 16 heavy (non-hydrogen) atoms. The summed E-state index contributed by atoms with van der Waals surface area (Å²) in [5.41, 5.74) is 0.593. The molecule has 0 spiro atoms. The molecule has 2 nitrogen and oxygen atoms in total. The molecular weight excluding hydrogens is 210 g/mol. The number of hydrogen-bond acceptors (Lipinski definition) is 2. The number of rotatable bonds is 1. The predicted molar refractivity (Wildman–Crippen MR) is 54.3 cm³/mol. The Bertz CT molecular complexity index is 573. The summed E-state index contributed by atoms with van der Waals surface area (Å²) in [5, 5.41) is 8.62. The van der Waals surface area contributed by atoms with Crippen LogP contribution in [0.25, 0.3) is 11.3 Å². The Morgan fingerprint density at radius 1 is 1.12 bits per heavy atom. The van der Waals surface area contributed by atoms with Crippen LogP contribution < -0.4 is 0 Å². The fourth-order valence-corrected chi connectivity index (χ4v) is 1.33. The average Bonchev–Trinajstić information content (AvgIpc) is 2.29. The molecule has 2 aromatic rings. The van der Waals surface area contributed by atoms with Gasteiger partial charge in [0.2, 0.25) is 0 Å². The fourth-order valence-electron chi connectivity index (χ4n) is 1.33. The Kier molecular flexibility index (Phi) is 2.61. The molecule has 0 saturated carbocycles. The molecule has 0 N–H and O–H groups in total. The fraction of sp³-hybridized carbons (Fsp3) is 0. The first-order valence-corrected chi connectivity index (χ1v) is 4.53. The lowest BCUT2D eigenvalue weighted by Crippen LogP contribution is -1.92. The van der Waals surface area contributed by atoms with Crippen LogP contribution in [0, 0.1) is 23.0 Å². The van der Waals surface area contributed by atoms with Crippen LogP contribution in [-0.2, 0) is 0 Å². The highest BCUT2D eigenvalue weighted by Gasteiger charge is 2.06. The van der Waals surface area contributed by atoms with Crippen molar-refractivity contribution in [1.82, 2.24) is 4.98 Å². The first-order valence-electron chi connectivity index (χ1n) is 4.53. The number of pyridine rings is 1. The second-order valence-electron chi connectivity index (χ2n) is 3.15. The van der Waals surface area contributed by atoms with Gasteiger partial charge in [0.1, 0.15) is 11.9 Å². The van der Waals surface area contributed by atoms with E-state index in [2.05, 4.69) is 4.98 Å². The Hall–Kier alpha value is -2.28. The smallest absolute Gasteiger partial charge is 0.176 e. The van der Waals surface area contributed by atoms with Crippen LogP contribution in [0.5, 0.6) is 0 Å². The van der Waals surface area contributed by atoms with Gasteiger partial charge in [-0.05, 0) is 24.3 Å². The minimum absolute atomic E-state index is 0.290. The molecule has 2 rings (SSSR count). The quantitative estimate of drug-likeness (QED) is 0.734. The van der Waals surface area contributed by atoms with Gasteiger partial charge in [0.25, 0.3) is 0 Å². The maximum Gasteiger partial charge on any atom is 0.176 e. The first-order chi connectivity index (χ1) is 7.70. The van der Waals surface area contributed by atoms with E-state index >= 15 is 0 Å². The molecule has 0 fully saturated rings. The van der Waals surface area contributed by atoms with Crippen LogP contribution in [0.2, 0.25) is 0 Å². The largest absolute Gasteiger partial charge is 0.234 e. The van der Waals surface area contributed by atoms with Crippen molar-refractivity contribution in [1.29, 1.82) is 5.26 Å². The van der Waals surface area contributed by atoms with E-state index in [-0.39, 0.29) is 5.69 Å². The predicted octanol–water partition coefficient (Wildman–Crippen LogP) is 2.90. The molecule has 0 bridgehead atoms. The van der Waals surface area contributed by atoms with Crippen molar-refractivity contribution in [3.8, 4) is 17.3 Å². The van der Waals surface area contributed by atoms with E-state index in [9.17, 15) is 8.78 Å². The lowest BCUT2D eigenvalue weighted by molar-refractivity contribution is 0.617. The number of benzene rings is 1. The molecule has 1 aromatic carbocycles. The Labute approximate surface area is 90.8 Å². The Morgan fingerprint density at radius 3 is 2.62 bits per heavy atom. The van der Waals surface area contributed by atoms with Gasteiger partial charge in [0.15, 0.2) is 11.5 Å². The van der Waals surface area contributed by atoms with Crippen LogP contribution in [0.1, 0.15) is 5.69 Å². The number of aromatic nitrogens is 1. The van der Waals surface area contributed by atoms with Crippen molar-refractivity contribution in [2.24, 2.45) is 0 Å². The number of hydrogen-bond donors (Lipinski definition) is 0. The summed E-state index contributed by atoms with van der Waals surface area (Å²) in [4.78, 5) is 3.80. The molecule has 1 aromatic heterocycles. The molecule has 78 valence electrons. The van der Waals surface area contributed by atoms with Crippen LogP contribution in [0.15, 0.2) is 36.4 Å². The second-order valence-corrected chi connectivity index (χ2v) is 3.15. The molecular formula is C12H6F2N2. The van der Waals surface area contributed by atoms with E-state index in [1.165, 1.54) is 24.3 Å². The van der Waals surface area contributed by atoms with Gasteiger partial charge in [-0.2, -0.15) is 5.26 Å². The standard InChI is InChI=1S/C12H6F2N2/c13-9-3-1-2-8(6-9)11-5-4-10(14)12(7-15)16-11/h1-6H. The highest BCUT2D eigenvalue weighted by molar-refractivity contribution is 5.59. The third kappa shape index (κ3) is 1.89. The molecule has 0 saturated heterocycles. The summed E-state index contributed by atoms with van der Waals surface area (Å²) >= 11 is 0. The third-order valence-corrected chi connectivity index (χ3v) is 2.07. The molecule has 0 atom stereocenters. The molecule has 0 amide bonds. The lowest BCUT2D eigenvalue weighted by atomic mass is 10.1. The molecule has 0 unspecified atom stereocenters. The summed E-state index contributed by atoms with van der Waals surface area (Å²) in [6.07, 6.45) is 0. The normalized spacial score (nSPS) is 9.81. The molecule has 0 aliphatic rings. The van der Waals surface area contributed by atoms with Crippen molar-refractivity contribution in [2.45, 2.75) is 0 Å². The van der Waals surface area contributed by atoms with Crippen molar-refractivity contribution in [2.75, 3.05) is 0 Å². The van der Waals surface area contributed by atoms with E-state index < -0.39 is 11.6 Å². The van der Waals surface area contributed by atoms with Crippen LogP contribution >= 0.6 is 0 Å². The van der Waals surface area contributed by atoms with E-state index in [1.807, 2.05) is 0 Å². The van der Waals surface area contributed by atoms with Crippen molar-refractivity contribution >= 4 is 0 Å². The van der Waals surface area contributed by atoms with Crippen molar-refractivity contribution < 1.29 is 8.78 Å². The monoisotopic (exact) mass is 216 g/mol. The zero-order valence-electron chi connectivity index (χ0n) is 8.11. The summed E-state index contributed by atoms with van der Waals surface area (Å²) in [6, 6.07) is 9.95. The molecule has 0 aliphatic carbocycles. The van der Waals surface area contributed by atoms with Gasteiger partial charge < -0.3 is 0 Å². The van der Waals surface area contributed by atoms with Gasteiger partial charge in [-0.3, -0.25) is 0 Å². The van der Waals surface area contributed by atoms with Gasteiger partial charge in [-0.1, -0.05) is 12.1 Å². The molecule has 0 aliphatic heterocycles. The maximum absolute atomic E-state index is 13.0. The third-order valence-electron chi connectivity index (χ3n) is 2.07. The van der Waals surface area contributed by atoms with Gasteiger partial charge >= 0.3 is 0 Å². The zero-order valence-corrected chi connectivity index (χ0v) is 8.11. The first kappa shape index (κ1) is 10.2. The minimum Gasteiger partial charge on any atom is -0.234 e. The van der Waals surface area contributed by atoms with E-state index in [0.717, 1.165) is 6.07 Å². The van der Waals surface area contributed by atoms with E-state index in [4.69, 9.17) is 5.26 Å². The highest BCUT2D eigenvalue weighted by atomic mass is 19.1. The van der Waals surface area contributed by atoms with Gasteiger partial charge in [0, 0.05) is 5.56 Å². The van der Waals surface area contributed by atoms with Crippen molar-refractivity contribution in [3.05, 3.63) is 53.7 Å². The summed E-state index contributed by atoms with van der Waals surface area (Å²) in [5.74, 6) is -1.08. The zero-order chi connectivity index (χ0) is 11.5. The summed E-state index contributed by atoms with van der Waals surface area (Å²) < 4.78 is 26.0. The summed E-state index contributed by atoms with van der Waals surface area (Å²) in [6.45, 7) is 0. The van der Waals surface area contributed by atoms with E-state index in [1.54, 1.807) is 12.1 Å². The SMILES string of the molecule is N#Cc1nc(-c2cccc(F)c2)ccc1F. The summed E-state index contributed by atoms with van der Waals surface area (Å²) in [7, 11) is 0. The number of nitriles is 1.